The number of hydrogen-bond acceptors (Lipinski definition) is 4. The molecule has 0 spiro atoms. The molecule has 0 saturated carbocycles. The van der Waals surface area contributed by atoms with E-state index >= 15 is 0 Å². The summed E-state index contributed by atoms with van der Waals surface area (Å²) in [7, 11) is -3.41. The first kappa shape index (κ1) is 17.5. The van der Waals surface area contributed by atoms with Crippen LogP contribution in [0.3, 0.4) is 0 Å². The average Bonchev–Trinajstić information content (AvgIpc) is 2.45. The van der Waals surface area contributed by atoms with E-state index in [1.165, 1.54) is 0 Å². The van der Waals surface area contributed by atoms with Crippen molar-refractivity contribution >= 4 is 21.8 Å². The van der Waals surface area contributed by atoms with Crippen LogP contribution in [-0.2, 0) is 16.6 Å². The topological polar surface area (TPSA) is 58.2 Å². The Morgan fingerprint density at radius 3 is 2.75 bits per heavy atom. The van der Waals surface area contributed by atoms with Crippen molar-refractivity contribution in [3.8, 4) is 0 Å². The van der Waals surface area contributed by atoms with Gasteiger partial charge in [-0.1, -0.05) is 26.0 Å². The molecule has 1 aromatic rings. The second-order valence-electron chi connectivity index (χ2n) is 4.72. The van der Waals surface area contributed by atoms with E-state index in [9.17, 15) is 8.42 Å². The zero-order valence-corrected chi connectivity index (χ0v) is 14.0. The first-order chi connectivity index (χ1) is 9.49. The molecule has 0 aliphatic heterocycles. The highest BCUT2D eigenvalue weighted by Gasteiger charge is 2.15. The van der Waals surface area contributed by atoms with Gasteiger partial charge < -0.3 is 5.32 Å². The van der Waals surface area contributed by atoms with Crippen molar-refractivity contribution in [2.45, 2.75) is 37.0 Å². The summed E-state index contributed by atoms with van der Waals surface area (Å²) in [5.41, 5.74) is 0.985. The largest absolute Gasteiger partial charge is 0.313 e. The molecule has 1 unspecified atom stereocenters. The van der Waals surface area contributed by atoms with Gasteiger partial charge in [0.05, 0.1) is 4.90 Å². The fourth-order valence-corrected chi connectivity index (χ4v) is 3.18. The minimum atomic E-state index is -3.41. The Morgan fingerprint density at radius 1 is 1.35 bits per heavy atom. The highest BCUT2D eigenvalue weighted by atomic mass is 32.2. The van der Waals surface area contributed by atoms with Gasteiger partial charge in [-0.15, -0.1) is 0 Å². The number of hydrogen-bond donors (Lipinski definition) is 2. The van der Waals surface area contributed by atoms with Crippen LogP contribution in [0.15, 0.2) is 29.2 Å². The fourth-order valence-electron chi connectivity index (χ4n) is 1.63. The summed E-state index contributed by atoms with van der Waals surface area (Å²) < 4.78 is 27.0. The van der Waals surface area contributed by atoms with Crippen LogP contribution in [0.1, 0.15) is 25.8 Å². The van der Waals surface area contributed by atoms with Gasteiger partial charge in [-0.05, 0) is 36.9 Å². The standard InChI is InChI=1S/C14H24N2O2S2/c1-4-8-15-11-13-6-5-7-14(9-13)20(17,18)16-10-12(2)19-3/h5-7,9,12,15-16H,4,8,10-11H2,1-3H3. The predicted octanol–water partition coefficient (Wildman–Crippen LogP) is 2.22. The molecule has 0 bridgehead atoms. The Labute approximate surface area is 126 Å². The Bertz CT molecular complexity index is 504. The fraction of sp³-hybridized carbons (Fsp3) is 0.571. The first-order valence-corrected chi connectivity index (χ1v) is 9.58. The highest BCUT2D eigenvalue weighted by Crippen LogP contribution is 2.12. The Hall–Kier alpha value is -0.560. The normalized spacial score (nSPS) is 13.3. The molecule has 0 amide bonds. The van der Waals surface area contributed by atoms with Gasteiger partial charge in [0.25, 0.3) is 0 Å². The van der Waals surface area contributed by atoms with Gasteiger partial charge in [0.2, 0.25) is 10.0 Å². The molecule has 4 nitrogen and oxygen atoms in total. The summed E-state index contributed by atoms with van der Waals surface area (Å²) in [6.45, 7) is 6.17. The quantitative estimate of drug-likeness (QED) is 0.686. The van der Waals surface area contributed by atoms with Crippen molar-refractivity contribution in [2.24, 2.45) is 0 Å². The summed E-state index contributed by atoms with van der Waals surface area (Å²) in [6.07, 6.45) is 3.03. The number of nitrogens with one attached hydrogen (secondary N) is 2. The molecule has 114 valence electrons. The molecular weight excluding hydrogens is 292 g/mol. The van der Waals surface area contributed by atoms with Crippen molar-refractivity contribution in [1.29, 1.82) is 0 Å². The zero-order chi connectivity index (χ0) is 15.0. The SMILES string of the molecule is CCCNCc1cccc(S(=O)(=O)NCC(C)SC)c1. The molecule has 20 heavy (non-hydrogen) atoms. The molecule has 2 N–H and O–H groups in total. The monoisotopic (exact) mass is 316 g/mol. The van der Waals surface area contributed by atoms with Gasteiger partial charge in [0.1, 0.15) is 0 Å². The second-order valence-corrected chi connectivity index (χ2v) is 7.77. The van der Waals surface area contributed by atoms with E-state index in [-0.39, 0.29) is 5.25 Å². The number of rotatable bonds is 9. The lowest BCUT2D eigenvalue weighted by molar-refractivity contribution is 0.581. The summed E-state index contributed by atoms with van der Waals surface area (Å²) in [5, 5.41) is 3.53. The molecule has 0 heterocycles. The minimum Gasteiger partial charge on any atom is -0.313 e. The van der Waals surface area contributed by atoms with Gasteiger partial charge in [-0.25, -0.2) is 13.1 Å². The van der Waals surface area contributed by atoms with Crippen molar-refractivity contribution in [3.05, 3.63) is 29.8 Å². The van der Waals surface area contributed by atoms with Crippen LogP contribution in [-0.4, -0.2) is 33.0 Å². The molecule has 0 radical (unpaired) electrons. The van der Waals surface area contributed by atoms with Crippen molar-refractivity contribution < 1.29 is 8.42 Å². The van der Waals surface area contributed by atoms with Crippen LogP contribution in [0.2, 0.25) is 0 Å². The van der Waals surface area contributed by atoms with E-state index in [1.54, 1.807) is 30.0 Å². The molecule has 0 aliphatic carbocycles. The summed E-state index contributed by atoms with van der Waals surface area (Å²) in [5.74, 6) is 0. The highest BCUT2D eigenvalue weighted by molar-refractivity contribution is 7.99. The van der Waals surface area contributed by atoms with Gasteiger partial charge in [0, 0.05) is 18.3 Å². The van der Waals surface area contributed by atoms with Crippen LogP contribution in [0.5, 0.6) is 0 Å². The van der Waals surface area contributed by atoms with Gasteiger partial charge in [0.15, 0.2) is 0 Å². The smallest absolute Gasteiger partial charge is 0.240 e. The van der Waals surface area contributed by atoms with E-state index in [4.69, 9.17) is 0 Å². The number of benzene rings is 1. The Kier molecular flexibility index (Phi) is 7.58. The maximum Gasteiger partial charge on any atom is 0.240 e. The van der Waals surface area contributed by atoms with E-state index in [2.05, 4.69) is 17.0 Å². The van der Waals surface area contributed by atoms with Crippen molar-refractivity contribution in [3.63, 3.8) is 0 Å². The summed E-state index contributed by atoms with van der Waals surface area (Å²) in [4.78, 5) is 0.335. The summed E-state index contributed by atoms with van der Waals surface area (Å²) >= 11 is 1.64. The van der Waals surface area contributed by atoms with Crippen LogP contribution in [0.25, 0.3) is 0 Å². The van der Waals surface area contributed by atoms with Crippen LogP contribution in [0, 0.1) is 0 Å². The zero-order valence-electron chi connectivity index (χ0n) is 12.3. The average molecular weight is 316 g/mol. The number of sulfonamides is 1. The van der Waals surface area contributed by atoms with Crippen LogP contribution >= 0.6 is 11.8 Å². The Balaban J connectivity index is 2.71. The minimum absolute atomic E-state index is 0.263. The van der Waals surface area contributed by atoms with Crippen molar-refractivity contribution in [2.75, 3.05) is 19.3 Å². The van der Waals surface area contributed by atoms with Crippen LogP contribution in [0.4, 0.5) is 0 Å². The molecule has 0 aliphatic rings. The van der Waals surface area contributed by atoms with E-state index < -0.39 is 10.0 Å². The molecule has 0 fully saturated rings. The number of thioether (sulfide) groups is 1. The van der Waals surface area contributed by atoms with Crippen molar-refractivity contribution in [1.82, 2.24) is 10.0 Å². The van der Waals surface area contributed by atoms with Gasteiger partial charge in [-0.2, -0.15) is 11.8 Å². The molecule has 0 saturated heterocycles. The van der Waals surface area contributed by atoms with Crippen LogP contribution < -0.4 is 10.0 Å². The van der Waals surface area contributed by atoms with E-state index in [1.807, 2.05) is 19.2 Å². The third-order valence-corrected chi connectivity index (χ3v) is 5.32. The van der Waals surface area contributed by atoms with E-state index in [0.717, 1.165) is 18.5 Å². The molecule has 0 aromatic heterocycles. The lowest BCUT2D eigenvalue weighted by Crippen LogP contribution is -2.29. The third kappa shape index (κ3) is 5.83. The molecule has 1 aromatic carbocycles. The lowest BCUT2D eigenvalue weighted by atomic mass is 10.2. The Morgan fingerprint density at radius 2 is 2.10 bits per heavy atom. The second kappa shape index (κ2) is 8.67. The predicted molar refractivity (Wildman–Crippen MR) is 86.6 cm³/mol. The maximum absolute atomic E-state index is 12.2. The van der Waals surface area contributed by atoms with E-state index in [0.29, 0.717) is 18.0 Å². The molecule has 1 rings (SSSR count). The molecule has 1 atom stereocenters. The lowest BCUT2D eigenvalue weighted by Gasteiger charge is -2.11. The molecule has 6 heteroatoms. The maximum atomic E-state index is 12.2. The van der Waals surface area contributed by atoms with Gasteiger partial charge in [-0.3, -0.25) is 0 Å². The first-order valence-electron chi connectivity index (χ1n) is 6.81. The summed E-state index contributed by atoms with van der Waals surface area (Å²) in [6, 6.07) is 7.09. The van der Waals surface area contributed by atoms with Gasteiger partial charge >= 0.3 is 0 Å². The molecular formula is C14H24N2O2S2. The third-order valence-electron chi connectivity index (χ3n) is 2.93.